The van der Waals surface area contributed by atoms with E-state index in [-0.39, 0.29) is 11.9 Å². The molecule has 0 radical (unpaired) electrons. The van der Waals surface area contributed by atoms with Gasteiger partial charge in [-0.25, -0.2) is 0 Å². The fraction of sp³-hybridized carbons (Fsp3) is 0.800. The highest BCUT2D eigenvalue weighted by Gasteiger charge is 2.18. The van der Waals surface area contributed by atoms with Gasteiger partial charge < -0.3 is 9.84 Å². The first-order chi connectivity index (χ1) is 4.29. The van der Waals surface area contributed by atoms with Crippen molar-refractivity contribution >= 4 is 17.7 Å². The van der Waals surface area contributed by atoms with Gasteiger partial charge in [0.15, 0.2) is 0 Å². The molecule has 0 spiro atoms. The van der Waals surface area contributed by atoms with Crippen LogP contribution in [0.5, 0.6) is 0 Å². The van der Waals surface area contributed by atoms with Gasteiger partial charge in [0.05, 0.1) is 13.0 Å². The summed E-state index contributed by atoms with van der Waals surface area (Å²) >= 11 is 1.57. The molecule has 0 aliphatic carbocycles. The first-order valence-corrected chi connectivity index (χ1v) is 3.79. The summed E-state index contributed by atoms with van der Waals surface area (Å²) in [6.07, 6.45) is 0.130. The Bertz CT molecular complexity index is 109. The molecule has 1 aliphatic heterocycles. The number of carboxylic acids is 1. The standard InChI is InChI=1S/C5H8O3S/c6-4(7)3-5-8-1-2-9-5/h5H,1-3H2,(H,6,7)/t5-/m1/s1. The monoisotopic (exact) mass is 148 g/mol. The van der Waals surface area contributed by atoms with Gasteiger partial charge >= 0.3 is 5.97 Å². The first-order valence-electron chi connectivity index (χ1n) is 2.74. The molecule has 1 fully saturated rings. The van der Waals surface area contributed by atoms with Gasteiger partial charge in [0.2, 0.25) is 0 Å². The lowest BCUT2D eigenvalue weighted by molar-refractivity contribution is -0.138. The number of ether oxygens (including phenoxy) is 1. The summed E-state index contributed by atoms with van der Waals surface area (Å²) in [5.41, 5.74) is -0.0949. The molecule has 0 amide bonds. The Hall–Kier alpha value is -0.220. The van der Waals surface area contributed by atoms with Crippen molar-refractivity contribution in [3.05, 3.63) is 0 Å². The lowest BCUT2D eigenvalue weighted by atomic mass is 10.5. The molecule has 0 aromatic heterocycles. The Morgan fingerprint density at radius 2 is 2.67 bits per heavy atom. The van der Waals surface area contributed by atoms with Gasteiger partial charge in [0.1, 0.15) is 5.44 Å². The minimum atomic E-state index is -0.783. The smallest absolute Gasteiger partial charge is 0.306 e. The molecule has 1 N–H and O–H groups in total. The Morgan fingerprint density at radius 3 is 3.11 bits per heavy atom. The maximum atomic E-state index is 10.1. The maximum absolute atomic E-state index is 10.1. The summed E-state index contributed by atoms with van der Waals surface area (Å²) in [6, 6.07) is 0. The molecule has 1 saturated heterocycles. The predicted octanol–water partition coefficient (Wildman–Crippen LogP) is 0.551. The van der Waals surface area contributed by atoms with Crippen molar-refractivity contribution in [2.24, 2.45) is 0 Å². The molecule has 52 valence electrons. The molecule has 0 aromatic carbocycles. The van der Waals surface area contributed by atoms with Crippen LogP contribution in [0, 0.1) is 0 Å². The van der Waals surface area contributed by atoms with Crippen molar-refractivity contribution in [1.29, 1.82) is 0 Å². The van der Waals surface area contributed by atoms with Crippen LogP contribution in [-0.4, -0.2) is 28.9 Å². The fourth-order valence-electron chi connectivity index (χ4n) is 0.668. The number of hydrogen-bond donors (Lipinski definition) is 1. The van der Waals surface area contributed by atoms with Crippen LogP contribution in [0.1, 0.15) is 6.42 Å². The van der Waals surface area contributed by atoms with Gasteiger partial charge in [-0.1, -0.05) is 0 Å². The van der Waals surface area contributed by atoms with E-state index in [0.29, 0.717) is 6.61 Å². The summed E-state index contributed by atoms with van der Waals surface area (Å²) in [6.45, 7) is 0.697. The molecule has 0 saturated carbocycles. The Labute approximate surface area is 57.4 Å². The van der Waals surface area contributed by atoms with E-state index < -0.39 is 5.97 Å². The Kier molecular flexibility index (Phi) is 2.36. The van der Waals surface area contributed by atoms with Crippen molar-refractivity contribution in [3.8, 4) is 0 Å². The van der Waals surface area contributed by atoms with E-state index in [1.807, 2.05) is 0 Å². The largest absolute Gasteiger partial charge is 0.481 e. The molecule has 0 unspecified atom stereocenters. The second-order valence-corrected chi connectivity index (χ2v) is 3.04. The highest BCUT2D eigenvalue weighted by Crippen LogP contribution is 2.21. The predicted molar refractivity (Wildman–Crippen MR) is 34.5 cm³/mol. The van der Waals surface area contributed by atoms with Crippen LogP contribution in [0.3, 0.4) is 0 Å². The molecular weight excluding hydrogens is 140 g/mol. The topological polar surface area (TPSA) is 46.5 Å². The quantitative estimate of drug-likeness (QED) is 0.621. The normalized spacial score (nSPS) is 26.4. The summed E-state index contributed by atoms with van der Waals surface area (Å²) < 4.78 is 5.05. The molecule has 9 heavy (non-hydrogen) atoms. The van der Waals surface area contributed by atoms with E-state index in [1.54, 1.807) is 11.8 Å². The Balaban J connectivity index is 2.19. The molecule has 1 atom stereocenters. The van der Waals surface area contributed by atoms with Crippen molar-refractivity contribution in [2.75, 3.05) is 12.4 Å². The third-order valence-corrected chi connectivity index (χ3v) is 2.11. The Morgan fingerprint density at radius 1 is 1.89 bits per heavy atom. The van der Waals surface area contributed by atoms with Gasteiger partial charge in [-0.15, -0.1) is 11.8 Å². The van der Waals surface area contributed by atoms with Crippen LogP contribution < -0.4 is 0 Å². The summed E-state index contributed by atoms with van der Waals surface area (Å²) in [4.78, 5) is 10.1. The molecular formula is C5H8O3S. The molecule has 3 nitrogen and oxygen atoms in total. The summed E-state index contributed by atoms with van der Waals surface area (Å²) in [7, 11) is 0. The van der Waals surface area contributed by atoms with E-state index in [4.69, 9.17) is 9.84 Å². The van der Waals surface area contributed by atoms with Gasteiger partial charge in [0.25, 0.3) is 0 Å². The molecule has 1 rings (SSSR count). The summed E-state index contributed by atoms with van der Waals surface area (Å²) in [5, 5.41) is 8.28. The number of carbonyl (C=O) groups is 1. The van der Waals surface area contributed by atoms with E-state index >= 15 is 0 Å². The number of hydrogen-bond acceptors (Lipinski definition) is 3. The van der Waals surface area contributed by atoms with E-state index in [1.165, 1.54) is 0 Å². The lowest BCUT2D eigenvalue weighted by Gasteiger charge is -2.01. The average Bonchev–Trinajstić information content (AvgIpc) is 2.15. The highest BCUT2D eigenvalue weighted by atomic mass is 32.2. The number of rotatable bonds is 2. The van der Waals surface area contributed by atoms with Crippen LogP contribution in [0.15, 0.2) is 0 Å². The van der Waals surface area contributed by atoms with Crippen molar-refractivity contribution in [1.82, 2.24) is 0 Å². The summed E-state index contributed by atoms with van der Waals surface area (Å²) in [5.74, 6) is 0.146. The van der Waals surface area contributed by atoms with Crippen LogP contribution in [0.4, 0.5) is 0 Å². The van der Waals surface area contributed by atoms with Crippen molar-refractivity contribution in [3.63, 3.8) is 0 Å². The van der Waals surface area contributed by atoms with E-state index in [0.717, 1.165) is 5.75 Å². The van der Waals surface area contributed by atoms with Gasteiger partial charge in [-0.2, -0.15) is 0 Å². The van der Waals surface area contributed by atoms with Gasteiger partial charge in [-0.3, -0.25) is 4.79 Å². The number of thioether (sulfide) groups is 1. The average molecular weight is 148 g/mol. The zero-order chi connectivity index (χ0) is 6.69. The van der Waals surface area contributed by atoms with Crippen molar-refractivity contribution in [2.45, 2.75) is 11.9 Å². The second kappa shape index (κ2) is 3.08. The van der Waals surface area contributed by atoms with Gasteiger partial charge in [-0.05, 0) is 0 Å². The molecule has 0 bridgehead atoms. The SMILES string of the molecule is O=C(O)C[C@@H]1OCCS1. The third-order valence-electron chi connectivity index (χ3n) is 1.03. The van der Waals surface area contributed by atoms with Crippen molar-refractivity contribution < 1.29 is 14.6 Å². The van der Waals surface area contributed by atoms with E-state index in [9.17, 15) is 4.79 Å². The number of carboxylic acid groups (broad SMARTS) is 1. The van der Waals surface area contributed by atoms with Crippen LogP contribution >= 0.6 is 11.8 Å². The van der Waals surface area contributed by atoms with E-state index in [2.05, 4.69) is 0 Å². The number of aliphatic carboxylic acids is 1. The fourth-order valence-corrected chi connectivity index (χ4v) is 1.58. The minimum Gasteiger partial charge on any atom is -0.481 e. The molecule has 0 aromatic rings. The zero-order valence-corrected chi connectivity index (χ0v) is 5.69. The maximum Gasteiger partial charge on any atom is 0.306 e. The highest BCUT2D eigenvalue weighted by molar-refractivity contribution is 8.00. The van der Waals surface area contributed by atoms with Crippen LogP contribution in [0.2, 0.25) is 0 Å². The molecule has 1 heterocycles. The minimum absolute atomic E-state index is 0.0949. The second-order valence-electron chi connectivity index (χ2n) is 1.77. The first kappa shape index (κ1) is 6.89. The van der Waals surface area contributed by atoms with Crippen LogP contribution in [-0.2, 0) is 9.53 Å². The lowest BCUT2D eigenvalue weighted by Crippen LogP contribution is -2.08. The zero-order valence-electron chi connectivity index (χ0n) is 4.87. The molecule has 4 heteroatoms. The van der Waals surface area contributed by atoms with Crippen LogP contribution in [0.25, 0.3) is 0 Å². The van der Waals surface area contributed by atoms with Gasteiger partial charge in [0, 0.05) is 5.75 Å². The third kappa shape index (κ3) is 2.24. The molecule has 1 aliphatic rings.